The van der Waals surface area contributed by atoms with Crippen LogP contribution in [0.4, 0.5) is 0 Å². The van der Waals surface area contributed by atoms with Crippen LogP contribution in [-0.2, 0) is 25.7 Å². The molecule has 1 aliphatic rings. The zero-order chi connectivity index (χ0) is 13.6. The predicted molar refractivity (Wildman–Crippen MR) is 86.0 cm³/mol. The zero-order valence-corrected chi connectivity index (χ0v) is 11.8. The topological polar surface area (TPSA) is 0 Å². The van der Waals surface area contributed by atoms with Crippen LogP contribution < -0.4 is 0 Å². The molecule has 0 saturated heterocycles. The molecular formula is C20H20. The van der Waals surface area contributed by atoms with E-state index in [1.54, 1.807) is 0 Å². The first-order valence-electron chi connectivity index (χ1n) is 7.36. The maximum atomic E-state index is 2.32. The maximum absolute atomic E-state index is 2.32. The van der Waals surface area contributed by atoms with Gasteiger partial charge in [-0.3, -0.25) is 0 Å². The van der Waals surface area contributed by atoms with Crippen molar-refractivity contribution in [3.8, 4) is 0 Å². The number of allylic oxidation sites excluding steroid dienone is 4. The van der Waals surface area contributed by atoms with Crippen molar-refractivity contribution in [1.29, 1.82) is 0 Å². The molecule has 0 spiro atoms. The Balaban J connectivity index is 1.89. The molecular weight excluding hydrogens is 240 g/mol. The average molecular weight is 260 g/mol. The lowest BCUT2D eigenvalue weighted by Gasteiger charge is -2.04. The molecule has 0 nitrogen and oxygen atoms in total. The third kappa shape index (κ3) is 3.27. The fourth-order valence-corrected chi connectivity index (χ4v) is 2.70. The number of hydrogen-bond donors (Lipinski definition) is 0. The molecule has 0 fully saturated rings. The average Bonchev–Trinajstić information content (AvgIpc) is 2.50. The Morgan fingerprint density at radius 2 is 1.00 bits per heavy atom. The van der Waals surface area contributed by atoms with Crippen LogP contribution in [-0.4, -0.2) is 0 Å². The van der Waals surface area contributed by atoms with E-state index in [2.05, 4.69) is 72.8 Å². The highest BCUT2D eigenvalue weighted by Crippen LogP contribution is 2.14. The van der Waals surface area contributed by atoms with Gasteiger partial charge in [0.1, 0.15) is 0 Å². The quantitative estimate of drug-likeness (QED) is 0.603. The Morgan fingerprint density at radius 3 is 1.55 bits per heavy atom. The molecule has 100 valence electrons. The van der Waals surface area contributed by atoms with Crippen molar-refractivity contribution in [2.45, 2.75) is 25.7 Å². The second-order valence-corrected chi connectivity index (χ2v) is 5.35. The molecule has 0 amide bonds. The largest absolute Gasteiger partial charge is 0.0838 e. The Morgan fingerprint density at radius 1 is 0.500 bits per heavy atom. The highest BCUT2D eigenvalue weighted by molar-refractivity contribution is 5.32. The van der Waals surface area contributed by atoms with E-state index in [1.165, 1.54) is 22.3 Å². The fourth-order valence-electron chi connectivity index (χ4n) is 2.70. The molecule has 0 unspecified atom stereocenters. The van der Waals surface area contributed by atoms with Crippen molar-refractivity contribution in [2.75, 3.05) is 0 Å². The van der Waals surface area contributed by atoms with Crippen molar-refractivity contribution < 1.29 is 0 Å². The number of fused-ring (bicyclic) bond motifs is 3. The molecule has 3 rings (SSSR count). The molecule has 20 heavy (non-hydrogen) atoms. The number of benzene rings is 2. The van der Waals surface area contributed by atoms with Crippen LogP contribution >= 0.6 is 0 Å². The molecule has 0 atom stereocenters. The smallest absolute Gasteiger partial charge is 0.00945 e. The predicted octanol–water partition coefficient (Wildman–Crippen LogP) is 4.68. The minimum atomic E-state index is 1.03. The van der Waals surface area contributed by atoms with E-state index in [1.807, 2.05) is 0 Å². The lowest BCUT2D eigenvalue weighted by atomic mass is 10.0. The molecule has 0 saturated carbocycles. The minimum absolute atomic E-state index is 1.03. The van der Waals surface area contributed by atoms with Gasteiger partial charge < -0.3 is 0 Å². The van der Waals surface area contributed by atoms with Gasteiger partial charge in [0, 0.05) is 0 Å². The third-order valence-corrected chi connectivity index (χ3v) is 3.83. The van der Waals surface area contributed by atoms with Crippen LogP contribution in [0.2, 0.25) is 0 Å². The lowest BCUT2D eigenvalue weighted by Crippen LogP contribution is -1.91. The van der Waals surface area contributed by atoms with Crippen molar-refractivity contribution in [3.63, 3.8) is 0 Å². The van der Waals surface area contributed by atoms with E-state index in [4.69, 9.17) is 0 Å². The van der Waals surface area contributed by atoms with Gasteiger partial charge in [-0.2, -0.15) is 0 Å². The fraction of sp³-hybridized carbons (Fsp3) is 0.200. The molecule has 0 heterocycles. The van der Waals surface area contributed by atoms with Gasteiger partial charge in [-0.25, -0.2) is 0 Å². The van der Waals surface area contributed by atoms with Gasteiger partial charge in [0.15, 0.2) is 0 Å². The van der Waals surface area contributed by atoms with E-state index >= 15 is 0 Å². The van der Waals surface area contributed by atoms with Gasteiger partial charge >= 0.3 is 0 Å². The van der Waals surface area contributed by atoms with E-state index < -0.39 is 0 Å². The standard InChI is InChI=1S/C20H20/c1-3-12-19-14-5-6-15-20(19)13-4-2-9-18-11-7-10-17(8-1)16-18/h1-7,10-11,14-16H,8-9,12-13H2/b3-1-,4-2-. The second kappa shape index (κ2) is 6.38. The van der Waals surface area contributed by atoms with E-state index in [0.717, 1.165) is 25.7 Å². The molecule has 0 aliphatic heterocycles. The first-order valence-corrected chi connectivity index (χ1v) is 7.36. The summed E-state index contributed by atoms with van der Waals surface area (Å²) in [7, 11) is 0. The van der Waals surface area contributed by atoms with Crippen LogP contribution in [0.5, 0.6) is 0 Å². The summed E-state index contributed by atoms with van der Waals surface area (Å²) in [4.78, 5) is 0. The monoisotopic (exact) mass is 260 g/mol. The Labute approximate surface area is 121 Å². The Kier molecular flexibility index (Phi) is 4.13. The van der Waals surface area contributed by atoms with E-state index in [9.17, 15) is 0 Å². The van der Waals surface area contributed by atoms with Gasteiger partial charge in [-0.15, -0.1) is 0 Å². The third-order valence-electron chi connectivity index (χ3n) is 3.83. The van der Waals surface area contributed by atoms with Crippen LogP contribution in [0, 0.1) is 0 Å². The maximum Gasteiger partial charge on any atom is -0.00945 e. The van der Waals surface area contributed by atoms with Crippen molar-refractivity contribution >= 4 is 0 Å². The minimum Gasteiger partial charge on any atom is -0.0838 e. The zero-order valence-electron chi connectivity index (χ0n) is 11.8. The SMILES string of the molecule is C1=C\Cc2ccccc2C/C=C\Cc2cccc(c2)C/1. The van der Waals surface area contributed by atoms with Crippen molar-refractivity contribution in [1.82, 2.24) is 0 Å². The van der Waals surface area contributed by atoms with Gasteiger partial charge in [-0.1, -0.05) is 72.8 Å². The summed E-state index contributed by atoms with van der Waals surface area (Å²) in [5, 5.41) is 0. The lowest BCUT2D eigenvalue weighted by molar-refractivity contribution is 1.13. The molecule has 0 radical (unpaired) electrons. The first kappa shape index (κ1) is 12.9. The molecule has 0 aromatic heterocycles. The molecule has 2 bridgehead atoms. The molecule has 2 aromatic carbocycles. The highest BCUT2D eigenvalue weighted by atomic mass is 14.0. The summed E-state index contributed by atoms with van der Waals surface area (Å²) in [5.74, 6) is 0. The summed E-state index contributed by atoms with van der Waals surface area (Å²) in [6, 6.07) is 17.7. The summed E-state index contributed by atoms with van der Waals surface area (Å²) in [5.41, 5.74) is 5.69. The Hall–Kier alpha value is -2.08. The van der Waals surface area contributed by atoms with Crippen molar-refractivity contribution in [2.24, 2.45) is 0 Å². The van der Waals surface area contributed by atoms with Crippen LogP contribution in [0.15, 0.2) is 72.8 Å². The van der Waals surface area contributed by atoms with Crippen LogP contribution in [0.3, 0.4) is 0 Å². The van der Waals surface area contributed by atoms with Gasteiger partial charge in [-0.05, 0) is 47.9 Å². The summed E-state index contributed by atoms with van der Waals surface area (Å²) in [6.07, 6.45) is 13.3. The molecule has 0 N–H and O–H groups in total. The normalized spacial score (nSPS) is 18.0. The summed E-state index contributed by atoms with van der Waals surface area (Å²) < 4.78 is 0. The van der Waals surface area contributed by atoms with Gasteiger partial charge in [0.05, 0.1) is 0 Å². The number of hydrogen-bond acceptors (Lipinski definition) is 0. The number of rotatable bonds is 0. The molecule has 2 aromatic rings. The molecule has 0 heteroatoms. The Bertz CT molecular complexity index is 580. The second-order valence-electron chi connectivity index (χ2n) is 5.35. The van der Waals surface area contributed by atoms with Crippen LogP contribution in [0.1, 0.15) is 22.3 Å². The highest BCUT2D eigenvalue weighted by Gasteiger charge is 1.99. The van der Waals surface area contributed by atoms with Gasteiger partial charge in [0.25, 0.3) is 0 Å². The van der Waals surface area contributed by atoms with Gasteiger partial charge in [0.2, 0.25) is 0 Å². The van der Waals surface area contributed by atoms with E-state index in [0.29, 0.717) is 0 Å². The summed E-state index contributed by atoms with van der Waals surface area (Å²) in [6.45, 7) is 0. The first-order chi connectivity index (χ1) is 9.92. The molecule has 1 aliphatic carbocycles. The van der Waals surface area contributed by atoms with E-state index in [-0.39, 0.29) is 0 Å². The summed E-state index contributed by atoms with van der Waals surface area (Å²) >= 11 is 0. The van der Waals surface area contributed by atoms with Crippen molar-refractivity contribution in [3.05, 3.63) is 95.1 Å². The van der Waals surface area contributed by atoms with Crippen LogP contribution in [0.25, 0.3) is 0 Å².